The maximum atomic E-state index is 9.22. The van der Waals surface area contributed by atoms with E-state index in [-0.39, 0.29) is 0 Å². The van der Waals surface area contributed by atoms with E-state index in [9.17, 15) is 5.11 Å². The second kappa shape index (κ2) is 3.54. The summed E-state index contributed by atoms with van der Waals surface area (Å²) in [6, 6.07) is 5.29. The van der Waals surface area contributed by atoms with Crippen molar-refractivity contribution in [3.8, 4) is 5.75 Å². The Bertz CT molecular complexity index is 309. The van der Waals surface area contributed by atoms with Crippen LogP contribution >= 0.6 is 12.2 Å². The minimum atomic E-state index is 0.308. The molecule has 0 aliphatic rings. The molecule has 1 rings (SSSR count). The molecule has 1 aromatic carbocycles. The summed E-state index contributed by atoms with van der Waals surface area (Å²) in [6.07, 6.45) is 0. The number of thiocarbonyl (C=S) groups is 1. The molecule has 3 heteroatoms. The van der Waals surface area contributed by atoms with Crippen molar-refractivity contribution in [1.29, 1.82) is 0 Å². The van der Waals surface area contributed by atoms with Crippen molar-refractivity contribution >= 4 is 22.9 Å². The minimum absolute atomic E-state index is 0.308. The Kier molecular flexibility index (Phi) is 2.65. The smallest absolute Gasteiger partial charge is 0.118 e. The van der Waals surface area contributed by atoms with Crippen LogP contribution in [-0.2, 0) is 0 Å². The largest absolute Gasteiger partial charge is 0.508 e. The Labute approximate surface area is 77.2 Å². The van der Waals surface area contributed by atoms with Gasteiger partial charge in [0.05, 0.1) is 4.99 Å². The second-order valence-corrected chi connectivity index (χ2v) is 3.29. The van der Waals surface area contributed by atoms with Gasteiger partial charge in [0.15, 0.2) is 0 Å². The van der Waals surface area contributed by atoms with Gasteiger partial charge < -0.3 is 10.4 Å². The fourth-order valence-corrected chi connectivity index (χ4v) is 1.05. The van der Waals surface area contributed by atoms with Gasteiger partial charge in [0.25, 0.3) is 0 Å². The van der Waals surface area contributed by atoms with E-state index in [1.54, 1.807) is 12.1 Å². The number of phenols is 1. The van der Waals surface area contributed by atoms with Crippen LogP contribution in [-0.4, -0.2) is 10.1 Å². The number of hydrogen-bond donors (Lipinski definition) is 2. The highest BCUT2D eigenvalue weighted by Gasteiger charge is 1.97. The zero-order chi connectivity index (χ0) is 9.14. The standard InChI is InChI=1S/C9H11NOS/c1-6-5-8(10-7(2)12)3-4-9(6)11/h3-5,11H,1-2H3,(H,10,12). The van der Waals surface area contributed by atoms with Gasteiger partial charge in [-0.3, -0.25) is 0 Å². The van der Waals surface area contributed by atoms with E-state index in [0.29, 0.717) is 5.75 Å². The molecule has 0 aliphatic heterocycles. The van der Waals surface area contributed by atoms with Crippen LogP contribution in [0.15, 0.2) is 18.2 Å². The van der Waals surface area contributed by atoms with Gasteiger partial charge in [-0.1, -0.05) is 12.2 Å². The first-order chi connectivity index (χ1) is 5.59. The van der Waals surface area contributed by atoms with Crippen LogP contribution in [0.1, 0.15) is 12.5 Å². The first-order valence-corrected chi connectivity index (χ1v) is 4.07. The van der Waals surface area contributed by atoms with Crippen molar-refractivity contribution in [2.75, 3.05) is 5.32 Å². The molecule has 0 amide bonds. The summed E-state index contributed by atoms with van der Waals surface area (Å²) in [6.45, 7) is 3.66. The number of aromatic hydroxyl groups is 1. The molecular weight excluding hydrogens is 170 g/mol. The molecule has 64 valence electrons. The van der Waals surface area contributed by atoms with E-state index < -0.39 is 0 Å². The lowest BCUT2D eigenvalue weighted by Crippen LogP contribution is -2.02. The Balaban J connectivity index is 2.89. The van der Waals surface area contributed by atoms with Gasteiger partial charge in [0, 0.05) is 5.69 Å². The summed E-state index contributed by atoms with van der Waals surface area (Å²) >= 11 is 4.88. The van der Waals surface area contributed by atoms with E-state index in [4.69, 9.17) is 12.2 Å². The number of anilines is 1. The summed E-state index contributed by atoms with van der Waals surface area (Å²) in [5.41, 5.74) is 1.76. The van der Waals surface area contributed by atoms with E-state index in [2.05, 4.69) is 5.32 Å². The lowest BCUT2D eigenvalue weighted by molar-refractivity contribution is 0.471. The third kappa shape index (κ3) is 2.20. The SMILES string of the molecule is CC(=S)Nc1ccc(O)c(C)c1. The van der Waals surface area contributed by atoms with Gasteiger partial charge in [-0.05, 0) is 37.6 Å². The van der Waals surface area contributed by atoms with Crippen LogP contribution in [0.4, 0.5) is 5.69 Å². The van der Waals surface area contributed by atoms with Crippen molar-refractivity contribution in [2.24, 2.45) is 0 Å². The quantitative estimate of drug-likeness (QED) is 0.515. The predicted octanol–water partition coefficient (Wildman–Crippen LogP) is 2.46. The zero-order valence-corrected chi connectivity index (χ0v) is 7.90. The molecule has 1 aromatic rings. The number of benzene rings is 1. The summed E-state index contributed by atoms with van der Waals surface area (Å²) < 4.78 is 0. The van der Waals surface area contributed by atoms with Crippen LogP contribution in [0, 0.1) is 6.92 Å². The van der Waals surface area contributed by atoms with E-state index in [0.717, 1.165) is 16.2 Å². The summed E-state index contributed by atoms with van der Waals surface area (Å²) in [5.74, 6) is 0.308. The van der Waals surface area contributed by atoms with Crippen molar-refractivity contribution in [1.82, 2.24) is 0 Å². The molecule has 0 saturated carbocycles. The van der Waals surface area contributed by atoms with Crippen molar-refractivity contribution < 1.29 is 5.11 Å². The maximum absolute atomic E-state index is 9.22. The fourth-order valence-electron chi connectivity index (χ4n) is 0.936. The van der Waals surface area contributed by atoms with Crippen molar-refractivity contribution in [2.45, 2.75) is 13.8 Å². The molecule has 0 radical (unpaired) electrons. The van der Waals surface area contributed by atoms with E-state index >= 15 is 0 Å². The molecule has 0 bridgehead atoms. The Morgan fingerprint density at radius 3 is 2.67 bits per heavy atom. The first kappa shape index (κ1) is 9.00. The highest BCUT2D eigenvalue weighted by Crippen LogP contribution is 2.19. The number of hydrogen-bond acceptors (Lipinski definition) is 2. The lowest BCUT2D eigenvalue weighted by Gasteiger charge is -2.05. The molecule has 0 aromatic heterocycles. The van der Waals surface area contributed by atoms with Crippen LogP contribution in [0.5, 0.6) is 5.75 Å². The van der Waals surface area contributed by atoms with Gasteiger partial charge in [-0.2, -0.15) is 0 Å². The molecule has 0 saturated heterocycles. The first-order valence-electron chi connectivity index (χ1n) is 3.67. The predicted molar refractivity (Wildman–Crippen MR) is 54.7 cm³/mol. The molecule has 2 nitrogen and oxygen atoms in total. The van der Waals surface area contributed by atoms with E-state index in [1.165, 1.54) is 0 Å². The van der Waals surface area contributed by atoms with Gasteiger partial charge in [0.2, 0.25) is 0 Å². The molecule has 0 aliphatic carbocycles. The van der Waals surface area contributed by atoms with Gasteiger partial charge in [-0.25, -0.2) is 0 Å². The number of rotatable bonds is 1. The molecular formula is C9H11NOS. The second-order valence-electron chi connectivity index (χ2n) is 2.68. The minimum Gasteiger partial charge on any atom is -0.508 e. The van der Waals surface area contributed by atoms with Crippen molar-refractivity contribution in [3.63, 3.8) is 0 Å². The Morgan fingerprint density at radius 1 is 1.50 bits per heavy atom. The number of nitrogens with one attached hydrogen (secondary N) is 1. The van der Waals surface area contributed by atoms with Crippen LogP contribution in [0.3, 0.4) is 0 Å². The molecule has 12 heavy (non-hydrogen) atoms. The summed E-state index contributed by atoms with van der Waals surface area (Å²) in [7, 11) is 0. The van der Waals surface area contributed by atoms with Gasteiger partial charge in [0.1, 0.15) is 5.75 Å². The van der Waals surface area contributed by atoms with Crippen molar-refractivity contribution in [3.05, 3.63) is 23.8 Å². The molecule has 0 heterocycles. The third-order valence-corrected chi connectivity index (χ3v) is 1.62. The Hall–Kier alpha value is -1.09. The summed E-state index contributed by atoms with van der Waals surface area (Å²) in [4.78, 5) is 0.722. The monoisotopic (exact) mass is 181 g/mol. The van der Waals surface area contributed by atoms with Gasteiger partial charge in [-0.15, -0.1) is 0 Å². The number of aryl methyl sites for hydroxylation is 1. The van der Waals surface area contributed by atoms with E-state index in [1.807, 2.05) is 19.9 Å². The molecule has 0 unspecified atom stereocenters. The average molecular weight is 181 g/mol. The highest BCUT2D eigenvalue weighted by molar-refractivity contribution is 7.80. The third-order valence-electron chi connectivity index (χ3n) is 1.52. The average Bonchev–Trinajstić information content (AvgIpc) is 1.96. The number of phenolic OH excluding ortho intramolecular Hbond substituents is 1. The molecule has 0 atom stereocenters. The molecule has 0 fully saturated rings. The Morgan fingerprint density at radius 2 is 2.17 bits per heavy atom. The molecule has 0 spiro atoms. The lowest BCUT2D eigenvalue weighted by atomic mass is 10.2. The van der Waals surface area contributed by atoms with Crippen LogP contribution in [0.2, 0.25) is 0 Å². The zero-order valence-electron chi connectivity index (χ0n) is 7.09. The van der Waals surface area contributed by atoms with Crippen LogP contribution < -0.4 is 5.32 Å². The topological polar surface area (TPSA) is 32.3 Å². The normalized spacial score (nSPS) is 9.50. The molecule has 2 N–H and O–H groups in total. The fraction of sp³-hybridized carbons (Fsp3) is 0.222. The van der Waals surface area contributed by atoms with Crippen LogP contribution in [0.25, 0.3) is 0 Å². The highest BCUT2D eigenvalue weighted by atomic mass is 32.1. The van der Waals surface area contributed by atoms with Gasteiger partial charge >= 0.3 is 0 Å². The summed E-state index contributed by atoms with van der Waals surface area (Å²) in [5, 5.41) is 12.2. The maximum Gasteiger partial charge on any atom is 0.118 e.